The first-order valence-corrected chi connectivity index (χ1v) is 20.4. The molecule has 0 spiro atoms. The molecule has 0 heterocycles. The second kappa shape index (κ2) is 19.7. The Morgan fingerprint density at radius 1 is 0.921 bits per heavy atom. The third-order valence-corrected chi connectivity index (χ3v) is 12.8. The summed E-state index contributed by atoms with van der Waals surface area (Å²) in [6.07, 6.45) is -1.69. The van der Waals surface area contributed by atoms with E-state index in [0.717, 1.165) is 18.2 Å². The number of esters is 2. The fraction of sp³-hybridized carbons (Fsp3) is 0.595. The number of ketones is 2. The second-order valence-electron chi connectivity index (χ2n) is 16.5. The van der Waals surface area contributed by atoms with Crippen molar-refractivity contribution >= 4 is 35.7 Å². The lowest BCUT2D eigenvalue weighted by molar-refractivity contribution is -0.757. The number of carbonyl (C=O) groups is 5. The van der Waals surface area contributed by atoms with Gasteiger partial charge >= 0.3 is 18.1 Å². The van der Waals surface area contributed by atoms with Gasteiger partial charge < -0.3 is 38.8 Å². The molecule has 2 N–H and O–H groups in total. The monoisotopic (exact) mass is 892 g/mol. The number of aliphatic hydroxyl groups is 2. The molecule has 4 aliphatic rings. The molecule has 0 amide bonds. The molecule has 63 heavy (non-hydrogen) atoms. The van der Waals surface area contributed by atoms with Crippen LogP contribution in [0.15, 0.2) is 48.1 Å². The number of aliphatic hydroxyl groups excluding tert-OH is 2. The van der Waals surface area contributed by atoms with Crippen molar-refractivity contribution in [1.82, 2.24) is 0 Å². The Kier molecular flexibility index (Phi) is 15.1. The summed E-state index contributed by atoms with van der Waals surface area (Å²) in [4.78, 5) is 94.5. The van der Waals surface area contributed by atoms with Gasteiger partial charge in [0.25, 0.3) is 10.2 Å². The number of nitrogens with zero attached hydrogens (tertiary/aromatic N) is 2. The Balaban J connectivity index is 1.31. The predicted octanol–water partition coefficient (Wildman–Crippen LogP) is 4.96. The van der Waals surface area contributed by atoms with Crippen LogP contribution in [0, 0.1) is 49.8 Å². The van der Waals surface area contributed by atoms with E-state index in [9.17, 15) is 54.4 Å². The molecule has 5 rings (SSSR count). The molecule has 9 atom stereocenters. The van der Waals surface area contributed by atoms with Crippen LogP contribution in [0.1, 0.15) is 82.8 Å². The Bertz CT molecular complexity index is 2060. The number of benzene rings is 1. The van der Waals surface area contributed by atoms with Crippen molar-refractivity contribution in [1.29, 1.82) is 0 Å². The first kappa shape index (κ1) is 48.2. The Labute approximate surface area is 359 Å². The molecule has 0 radical (unpaired) electrons. The molecular weight excluding hydrogens is 842 g/mol. The molecule has 1 aromatic rings. The number of Topliss-reactive ketones (excluding diaryl/α,β-unsaturated/α-hetero) is 1. The van der Waals surface area contributed by atoms with E-state index in [1.54, 1.807) is 13.0 Å². The molecule has 3 fully saturated rings. The van der Waals surface area contributed by atoms with Crippen molar-refractivity contribution in [2.75, 3.05) is 26.4 Å². The lowest BCUT2D eigenvalue weighted by atomic mass is 9.44. The van der Waals surface area contributed by atoms with Gasteiger partial charge in [0.05, 0.1) is 25.9 Å². The van der Waals surface area contributed by atoms with Gasteiger partial charge in [0.1, 0.15) is 18.0 Å². The summed E-state index contributed by atoms with van der Waals surface area (Å²) in [5, 5.41) is 42.4. The Morgan fingerprint density at radius 2 is 1.59 bits per heavy atom. The van der Waals surface area contributed by atoms with E-state index in [2.05, 4.69) is 9.68 Å². The van der Waals surface area contributed by atoms with Gasteiger partial charge in [0, 0.05) is 29.2 Å². The van der Waals surface area contributed by atoms with E-state index in [1.165, 1.54) is 38.1 Å². The standard InChI is InChI=1S/C42H50F2N2O17/c1-25-19-26(11-13-36(51)58-16-7-8-18-61-46(56)57)10-12-32(25)62-38(53)59-24-35(50)42(63-37(52)9-5-4-6-17-60-45(54)55)33(48)22-28-29-21-31(43)30-20-27(47)14-15-39(30,2)41(29,44)34(49)23-40(28,42)3/h10-15,19-20,28-29,31,33-34,48-49H,4-9,16-18,21-24H2,1-3H3/b13-11+/t28?,29?,31-,33+,34-,39-,40-,41-,42-/m0/s1. The van der Waals surface area contributed by atoms with Crippen LogP contribution in [0.25, 0.3) is 6.08 Å². The van der Waals surface area contributed by atoms with Crippen LogP contribution >= 0.6 is 0 Å². The highest BCUT2D eigenvalue weighted by atomic mass is 19.1. The van der Waals surface area contributed by atoms with E-state index in [4.69, 9.17) is 18.9 Å². The highest BCUT2D eigenvalue weighted by Gasteiger charge is 2.79. The molecule has 19 nitrogen and oxygen atoms in total. The Hall–Kier alpha value is -5.83. The Morgan fingerprint density at radius 3 is 2.25 bits per heavy atom. The van der Waals surface area contributed by atoms with Crippen molar-refractivity contribution in [2.24, 2.45) is 22.7 Å². The van der Waals surface area contributed by atoms with E-state index in [-0.39, 0.29) is 63.2 Å². The lowest BCUT2D eigenvalue weighted by Crippen LogP contribution is -2.71. The number of unbranched alkanes of at least 4 members (excludes halogenated alkanes) is 3. The smallest absolute Gasteiger partial charge is 0.463 e. The summed E-state index contributed by atoms with van der Waals surface area (Å²) in [6, 6.07) is 4.43. The number of rotatable bonds is 20. The number of halogens is 2. The van der Waals surface area contributed by atoms with Gasteiger partial charge in [-0.15, -0.1) is 20.2 Å². The van der Waals surface area contributed by atoms with Crippen LogP contribution in [0.5, 0.6) is 5.75 Å². The third-order valence-electron chi connectivity index (χ3n) is 12.8. The third kappa shape index (κ3) is 9.88. The number of hydrogen-bond donors (Lipinski definition) is 2. The summed E-state index contributed by atoms with van der Waals surface area (Å²) < 4.78 is 55.3. The maximum Gasteiger partial charge on any atom is 0.514 e. The minimum atomic E-state index is -2.59. The number of carbonyl (C=O) groups excluding carboxylic acids is 5. The van der Waals surface area contributed by atoms with Crippen molar-refractivity contribution in [3.8, 4) is 5.75 Å². The normalized spacial score (nSPS) is 30.6. The predicted molar refractivity (Wildman–Crippen MR) is 211 cm³/mol. The van der Waals surface area contributed by atoms with E-state index in [1.807, 2.05) is 0 Å². The lowest BCUT2D eigenvalue weighted by Gasteiger charge is -2.63. The second-order valence-corrected chi connectivity index (χ2v) is 16.5. The summed E-state index contributed by atoms with van der Waals surface area (Å²) in [6.45, 7) is 2.89. The maximum atomic E-state index is 17.8. The summed E-state index contributed by atoms with van der Waals surface area (Å²) in [5.74, 6) is -5.80. The maximum absolute atomic E-state index is 17.8. The molecule has 3 saturated carbocycles. The minimum absolute atomic E-state index is 0.00469. The van der Waals surface area contributed by atoms with Gasteiger partial charge in [-0.05, 0) is 112 Å². The van der Waals surface area contributed by atoms with Gasteiger partial charge in [0.15, 0.2) is 18.1 Å². The summed E-state index contributed by atoms with van der Waals surface area (Å²) in [7, 11) is 0. The van der Waals surface area contributed by atoms with Crippen LogP contribution in [0.3, 0.4) is 0 Å². The fourth-order valence-electron chi connectivity index (χ4n) is 9.84. The van der Waals surface area contributed by atoms with Gasteiger partial charge in [-0.3, -0.25) is 14.4 Å². The van der Waals surface area contributed by atoms with Crippen LogP contribution < -0.4 is 4.74 Å². The largest absolute Gasteiger partial charge is 0.514 e. The average Bonchev–Trinajstić information content (AvgIpc) is 3.43. The summed E-state index contributed by atoms with van der Waals surface area (Å²) in [5.41, 5.74) is -7.94. The molecule has 21 heteroatoms. The van der Waals surface area contributed by atoms with E-state index >= 15 is 8.78 Å². The SMILES string of the molecule is Cc1cc(/C=C/C(=O)OCCCCO[N+](=O)[O-])ccc1OC(=O)OCC(=O)[C@@]1(OC(=O)CCCCCO[N+](=O)[O-])[C@H](O)CC2C3C[C@H](F)C4=CC(=O)C=C[C@]4(C)[C@@]3(F)[C@@H](O)C[C@@]21C. The number of allylic oxidation sites excluding steroid dienone is 4. The van der Waals surface area contributed by atoms with Crippen LogP contribution in [-0.4, -0.2) is 106 Å². The van der Waals surface area contributed by atoms with Crippen molar-refractivity contribution < 1.29 is 81.8 Å². The quantitative estimate of drug-likeness (QED) is 0.0333. The fourth-order valence-corrected chi connectivity index (χ4v) is 9.84. The highest BCUT2D eigenvalue weighted by Crippen LogP contribution is 2.70. The van der Waals surface area contributed by atoms with Gasteiger partial charge in [-0.1, -0.05) is 25.5 Å². The van der Waals surface area contributed by atoms with Crippen molar-refractivity contribution in [2.45, 2.75) is 108 Å². The topological polar surface area (TPSA) is 267 Å². The van der Waals surface area contributed by atoms with Crippen molar-refractivity contribution in [3.63, 3.8) is 0 Å². The number of hydrogen-bond acceptors (Lipinski definition) is 17. The zero-order valence-corrected chi connectivity index (χ0v) is 34.9. The molecule has 4 aliphatic carbocycles. The van der Waals surface area contributed by atoms with Gasteiger partial charge in [-0.2, -0.15) is 0 Å². The van der Waals surface area contributed by atoms with Crippen LogP contribution in [0.2, 0.25) is 0 Å². The number of ether oxygens (including phenoxy) is 4. The summed E-state index contributed by atoms with van der Waals surface area (Å²) >= 11 is 0. The zero-order valence-electron chi connectivity index (χ0n) is 34.9. The van der Waals surface area contributed by atoms with Crippen LogP contribution in [-0.2, 0) is 43.1 Å². The molecule has 0 bridgehead atoms. The number of aryl methyl sites for hydroxylation is 1. The molecule has 1 aromatic carbocycles. The zero-order chi connectivity index (χ0) is 46.3. The first-order valence-electron chi connectivity index (χ1n) is 20.4. The average molecular weight is 893 g/mol. The van der Waals surface area contributed by atoms with E-state index < -0.39 is 112 Å². The van der Waals surface area contributed by atoms with Gasteiger partial charge in [0.2, 0.25) is 11.4 Å². The number of alkyl halides is 2. The van der Waals surface area contributed by atoms with Gasteiger partial charge in [-0.25, -0.2) is 18.4 Å². The molecule has 0 aliphatic heterocycles. The number of fused-ring (bicyclic) bond motifs is 5. The first-order chi connectivity index (χ1) is 29.7. The highest BCUT2D eigenvalue weighted by molar-refractivity contribution is 6.01. The molecule has 2 unspecified atom stereocenters. The molecular formula is C42H50F2N2O17. The molecule has 0 saturated heterocycles. The van der Waals surface area contributed by atoms with E-state index in [0.29, 0.717) is 24.0 Å². The molecule has 344 valence electrons. The van der Waals surface area contributed by atoms with Crippen molar-refractivity contribution in [3.05, 3.63) is 79.4 Å². The minimum Gasteiger partial charge on any atom is -0.463 e. The van der Waals surface area contributed by atoms with Crippen LogP contribution in [0.4, 0.5) is 13.6 Å². The molecule has 0 aromatic heterocycles.